The third-order valence-electron chi connectivity index (χ3n) is 3.23. The lowest BCUT2D eigenvalue weighted by atomic mass is 10.0. The predicted octanol–water partition coefficient (Wildman–Crippen LogP) is 0.997. The molecule has 2 rings (SSSR count). The van der Waals surface area contributed by atoms with E-state index in [0.717, 1.165) is 11.1 Å². The van der Waals surface area contributed by atoms with Gasteiger partial charge >= 0.3 is 0 Å². The maximum absolute atomic E-state index is 12.0. The third kappa shape index (κ3) is 3.21. The van der Waals surface area contributed by atoms with Gasteiger partial charge in [0.05, 0.1) is 6.10 Å². The number of carbonyl (C=O) groups excluding carboxylic acids is 1. The van der Waals surface area contributed by atoms with Crippen molar-refractivity contribution in [1.29, 1.82) is 0 Å². The van der Waals surface area contributed by atoms with Crippen molar-refractivity contribution >= 4 is 5.91 Å². The summed E-state index contributed by atoms with van der Waals surface area (Å²) in [4.78, 5) is 15.8. The minimum absolute atomic E-state index is 0.169. The van der Waals surface area contributed by atoms with Crippen LogP contribution >= 0.6 is 0 Å². The fraction of sp³-hybridized carbons (Fsp3) is 0.357. The quantitative estimate of drug-likeness (QED) is 0.852. The van der Waals surface area contributed by atoms with Crippen LogP contribution in [0.25, 0.3) is 0 Å². The molecule has 0 saturated heterocycles. The SMILES string of the molecule is Cc1ccccc1C(O)CNC(=O)C(C)n1cncn1. The van der Waals surface area contributed by atoms with Gasteiger partial charge in [0.2, 0.25) is 5.91 Å². The van der Waals surface area contributed by atoms with Crippen LogP contribution in [0.2, 0.25) is 0 Å². The van der Waals surface area contributed by atoms with E-state index in [9.17, 15) is 9.90 Å². The van der Waals surface area contributed by atoms with E-state index in [0.29, 0.717) is 0 Å². The fourth-order valence-electron chi connectivity index (χ4n) is 1.95. The molecule has 6 nitrogen and oxygen atoms in total. The summed E-state index contributed by atoms with van der Waals surface area (Å²) < 4.78 is 1.47. The molecule has 1 aromatic heterocycles. The number of hydrogen-bond donors (Lipinski definition) is 2. The summed E-state index contributed by atoms with van der Waals surface area (Å²) in [5, 5.41) is 16.8. The van der Waals surface area contributed by atoms with Crippen LogP contribution in [-0.4, -0.2) is 32.3 Å². The Hall–Kier alpha value is -2.21. The first-order valence-electron chi connectivity index (χ1n) is 6.45. The van der Waals surface area contributed by atoms with Gasteiger partial charge in [0.1, 0.15) is 18.7 Å². The molecule has 2 atom stereocenters. The Kier molecular flexibility index (Phi) is 4.47. The second kappa shape index (κ2) is 6.29. The van der Waals surface area contributed by atoms with E-state index in [4.69, 9.17) is 0 Å². The molecule has 2 aromatic rings. The predicted molar refractivity (Wildman–Crippen MR) is 73.9 cm³/mol. The Morgan fingerprint density at radius 2 is 2.20 bits per heavy atom. The summed E-state index contributed by atoms with van der Waals surface area (Å²) in [6.07, 6.45) is 2.15. The second-order valence-corrected chi connectivity index (χ2v) is 4.67. The number of hydrogen-bond acceptors (Lipinski definition) is 4. The van der Waals surface area contributed by atoms with E-state index in [1.165, 1.54) is 17.3 Å². The van der Waals surface area contributed by atoms with Crippen molar-refractivity contribution in [2.75, 3.05) is 6.54 Å². The highest BCUT2D eigenvalue weighted by Crippen LogP contribution is 2.16. The van der Waals surface area contributed by atoms with Crippen molar-refractivity contribution < 1.29 is 9.90 Å². The van der Waals surface area contributed by atoms with Gasteiger partial charge in [-0.25, -0.2) is 9.67 Å². The minimum atomic E-state index is -0.719. The van der Waals surface area contributed by atoms with E-state index in [2.05, 4.69) is 15.4 Å². The van der Waals surface area contributed by atoms with Crippen molar-refractivity contribution in [3.63, 3.8) is 0 Å². The Labute approximate surface area is 117 Å². The molecule has 0 aliphatic heterocycles. The molecule has 0 bridgehead atoms. The van der Waals surface area contributed by atoms with Gasteiger partial charge in [0.25, 0.3) is 0 Å². The minimum Gasteiger partial charge on any atom is -0.387 e. The molecule has 6 heteroatoms. The van der Waals surface area contributed by atoms with E-state index >= 15 is 0 Å². The van der Waals surface area contributed by atoms with Gasteiger partial charge in [-0.2, -0.15) is 5.10 Å². The topological polar surface area (TPSA) is 80.0 Å². The number of benzene rings is 1. The first kappa shape index (κ1) is 14.2. The van der Waals surface area contributed by atoms with Gasteiger partial charge in [-0.05, 0) is 25.0 Å². The molecule has 0 aliphatic carbocycles. The van der Waals surface area contributed by atoms with Gasteiger partial charge in [-0.3, -0.25) is 4.79 Å². The zero-order valence-electron chi connectivity index (χ0n) is 11.5. The molecule has 1 aromatic carbocycles. The van der Waals surface area contributed by atoms with Crippen LogP contribution in [0.5, 0.6) is 0 Å². The van der Waals surface area contributed by atoms with Crippen molar-refractivity contribution in [1.82, 2.24) is 20.1 Å². The number of nitrogens with one attached hydrogen (secondary N) is 1. The van der Waals surface area contributed by atoms with Gasteiger partial charge in [-0.1, -0.05) is 24.3 Å². The van der Waals surface area contributed by atoms with Crippen LogP contribution < -0.4 is 5.32 Å². The van der Waals surface area contributed by atoms with Crippen molar-refractivity contribution in [2.45, 2.75) is 26.0 Å². The molecule has 0 radical (unpaired) electrons. The molecule has 0 fully saturated rings. The standard InChI is InChI=1S/C14H18N4O2/c1-10-5-3-4-6-12(10)13(19)7-16-14(20)11(2)18-9-15-8-17-18/h3-6,8-9,11,13,19H,7H2,1-2H3,(H,16,20). The number of aliphatic hydroxyl groups excluding tert-OH is 1. The average molecular weight is 274 g/mol. The fourth-order valence-corrected chi connectivity index (χ4v) is 1.95. The summed E-state index contributed by atoms with van der Waals surface area (Å²) in [5.41, 5.74) is 1.82. The molecule has 0 aliphatic rings. The van der Waals surface area contributed by atoms with Crippen molar-refractivity contribution in [3.8, 4) is 0 Å². The lowest BCUT2D eigenvalue weighted by Crippen LogP contribution is -2.34. The molecule has 2 N–H and O–H groups in total. The molecule has 2 unspecified atom stereocenters. The smallest absolute Gasteiger partial charge is 0.244 e. The Morgan fingerprint density at radius 1 is 1.45 bits per heavy atom. The van der Waals surface area contributed by atoms with Gasteiger partial charge < -0.3 is 10.4 Å². The summed E-state index contributed by atoms with van der Waals surface area (Å²) in [6, 6.07) is 7.11. The van der Waals surface area contributed by atoms with Gasteiger partial charge in [0, 0.05) is 6.54 Å². The van der Waals surface area contributed by atoms with Crippen LogP contribution in [0.3, 0.4) is 0 Å². The largest absolute Gasteiger partial charge is 0.387 e. The molecule has 20 heavy (non-hydrogen) atoms. The Bertz CT molecular complexity index is 568. The van der Waals surface area contributed by atoms with Crippen LogP contribution in [0, 0.1) is 6.92 Å². The summed E-state index contributed by atoms with van der Waals surface area (Å²) in [7, 11) is 0. The number of rotatable bonds is 5. The number of aliphatic hydroxyl groups is 1. The average Bonchev–Trinajstić information content (AvgIpc) is 2.98. The Morgan fingerprint density at radius 3 is 2.85 bits per heavy atom. The van der Waals surface area contributed by atoms with Gasteiger partial charge in [-0.15, -0.1) is 0 Å². The Balaban J connectivity index is 1.92. The monoisotopic (exact) mass is 274 g/mol. The van der Waals surface area contributed by atoms with Gasteiger partial charge in [0.15, 0.2) is 0 Å². The first-order chi connectivity index (χ1) is 9.59. The van der Waals surface area contributed by atoms with Crippen molar-refractivity contribution in [3.05, 3.63) is 48.0 Å². The summed E-state index contributed by atoms with van der Waals surface area (Å²) >= 11 is 0. The van der Waals surface area contributed by atoms with Crippen LogP contribution in [-0.2, 0) is 4.79 Å². The maximum Gasteiger partial charge on any atom is 0.244 e. The maximum atomic E-state index is 12.0. The number of aryl methyl sites for hydroxylation is 1. The zero-order valence-corrected chi connectivity index (χ0v) is 11.5. The highest BCUT2D eigenvalue weighted by Gasteiger charge is 2.17. The summed E-state index contributed by atoms with van der Waals surface area (Å²) in [5.74, 6) is -0.205. The first-order valence-corrected chi connectivity index (χ1v) is 6.45. The molecule has 0 spiro atoms. The lowest BCUT2D eigenvalue weighted by Gasteiger charge is -2.16. The van der Waals surface area contributed by atoms with E-state index in [1.54, 1.807) is 6.92 Å². The third-order valence-corrected chi connectivity index (χ3v) is 3.23. The number of carbonyl (C=O) groups is 1. The van der Waals surface area contributed by atoms with E-state index in [1.807, 2.05) is 31.2 Å². The molecule has 0 saturated carbocycles. The zero-order chi connectivity index (χ0) is 14.5. The molecular weight excluding hydrogens is 256 g/mol. The van der Waals surface area contributed by atoms with E-state index < -0.39 is 12.1 Å². The second-order valence-electron chi connectivity index (χ2n) is 4.67. The summed E-state index contributed by atoms with van der Waals surface area (Å²) in [6.45, 7) is 3.82. The highest BCUT2D eigenvalue weighted by molar-refractivity contribution is 5.79. The molecule has 1 amide bonds. The highest BCUT2D eigenvalue weighted by atomic mass is 16.3. The van der Waals surface area contributed by atoms with E-state index in [-0.39, 0.29) is 12.5 Å². The number of nitrogens with zero attached hydrogens (tertiary/aromatic N) is 3. The molecule has 106 valence electrons. The van der Waals surface area contributed by atoms with Crippen LogP contribution in [0.1, 0.15) is 30.2 Å². The molecule has 1 heterocycles. The molecular formula is C14H18N4O2. The van der Waals surface area contributed by atoms with Crippen LogP contribution in [0.4, 0.5) is 0 Å². The number of aromatic nitrogens is 3. The number of amides is 1. The van der Waals surface area contributed by atoms with Crippen LogP contribution in [0.15, 0.2) is 36.9 Å². The van der Waals surface area contributed by atoms with Crippen molar-refractivity contribution in [2.24, 2.45) is 0 Å². The lowest BCUT2D eigenvalue weighted by molar-refractivity contribution is -0.124. The normalized spacial score (nSPS) is 13.8.